The molecule has 0 aliphatic rings. The quantitative estimate of drug-likeness (QED) is 0.675. The molecule has 0 unspecified atom stereocenters. The number of hydrogen-bond acceptors (Lipinski definition) is 5. The Morgan fingerprint density at radius 1 is 1.08 bits per heavy atom. The lowest BCUT2D eigenvalue weighted by atomic mass is 10.2. The van der Waals surface area contributed by atoms with Crippen molar-refractivity contribution in [3.63, 3.8) is 0 Å². The number of aryl methyl sites for hydroxylation is 1. The zero-order valence-corrected chi connectivity index (χ0v) is 14.4. The second-order valence-electron chi connectivity index (χ2n) is 5.50. The standard InChI is InChI=1S/C16H13F3N2O4S/c1-10-3-5-11(6-4-10)21(2)26(22,23)15-8-7-13(24-15)12-9-14(25-20-12)16(17,18)19/h3-9H,1-2H3. The molecule has 0 fully saturated rings. The van der Waals surface area contributed by atoms with Gasteiger partial charge in [-0.2, -0.15) is 21.6 Å². The number of halogens is 3. The molecule has 2 heterocycles. The van der Waals surface area contributed by atoms with Crippen LogP contribution in [0, 0.1) is 6.92 Å². The van der Waals surface area contributed by atoms with Crippen LogP contribution >= 0.6 is 0 Å². The van der Waals surface area contributed by atoms with E-state index in [-0.39, 0.29) is 11.5 Å². The smallest absolute Gasteiger partial charge is 0.441 e. The zero-order valence-electron chi connectivity index (χ0n) is 13.6. The van der Waals surface area contributed by atoms with Crippen LogP contribution in [0.5, 0.6) is 0 Å². The lowest BCUT2D eigenvalue weighted by molar-refractivity contribution is -0.155. The molecule has 0 spiro atoms. The van der Waals surface area contributed by atoms with E-state index in [1.807, 2.05) is 6.92 Å². The number of sulfonamides is 1. The highest BCUT2D eigenvalue weighted by molar-refractivity contribution is 7.92. The minimum absolute atomic E-state index is 0.153. The molecule has 3 aromatic rings. The van der Waals surface area contributed by atoms with E-state index >= 15 is 0 Å². The number of anilines is 1. The summed E-state index contributed by atoms with van der Waals surface area (Å²) in [5, 5.41) is 2.84. The molecule has 0 saturated heterocycles. The molecule has 0 aliphatic heterocycles. The van der Waals surface area contributed by atoms with Crippen LogP contribution in [-0.4, -0.2) is 20.6 Å². The molecule has 1 aromatic carbocycles. The molecule has 138 valence electrons. The maximum Gasteiger partial charge on any atom is 0.452 e. The monoisotopic (exact) mass is 386 g/mol. The lowest BCUT2D eigenvalue weighted by Gasteiger charge is -2.17. The van der Waals surface area contributed by atoms with Gasteiger partial charge in [0.05, 0.1) is 5.69 Å². The second-order valence-corrected chi connectivity index (χ2v) is 7.40. The van der Waals surface area contributed by atoms with Crippen LogP contribution in [0.15, 0.2) is 56.5 Å². The summed E-state index contributed by atoms with van der Waals surface area (Å²) >= 11 is 0. The maximum atomic E-state index is 12.6. The van der Waals surface area contributed by atoms with Crippen LogP contribution in [0.4, 0.5) is 18.9 Å². The summed E-state index contributed by atoms with van der Waals surface area (Å²) in [4.78, 5) is 0. The average Bonchev–Trinajstić information content (AvgIpc) is 3.23. The third-order valence-corrected chi connectivity index (χ3v) is 5.30. The first-order chi connectivity index (χ1) is 12.1. The van der Waals surface area contributed by atoms with Crippen molar-refractivity contribution >= 4 is 15.7 Å². The van der Waals surface area contributed by atoms with Crippen molar-refractivity contribution in [3.05, 3.63) is 53.8 Å². The average molecular weight is 386 g/mol. The van der Waals surface area contributed by atoms with E-state index in [0.29, 0.717) is 11.8 Å². The fourth-order valence-electron chi connectivity index (χ4n) is 2.15. The third kappa shape index (κ3) is 3.32. The predicted octanol–water partition coefficient (Wildman–Crippen LogP) is 4.09. The molecule has 10 heteroatoms. The van der Waals surface area contributed by atoms with Crippen molar-refractivity contribution in [2.24, 2.45) is 0 Å². The van der Waals surface area contributed by atoms with Crippen LogP contribution in [0.25, 0.3) is 11.5 Å². The Bertz CT molecular complexity index is 1020. The van der Waals surface area contributed by atoms with Crippen molar-refractivity contribution in [2.45, 2.75) is 18.2 Å². The summed E-state index contributed by atoms with van der Waals surface area (Å²) < 4.78 is 73.4. The first-order valence-corrected chi connectivity index (χ1v) is 8.73. The number of benzene rings is 1. The molecule has 2 aromatic heterocycles. The maximum absolute atomic E-state index is 12.6. The predicted molar refractivity (Wildman–Crippen MR) is 86.0 cm³/mol. The van der Waals surface area contributed by atoms with Gasteiger partial charge in [-0.3, -0.25) is 4.31 Å². The molecule has 0 N–H and O–H groups in total. The molecule has 26 heavy (non-hydrogen) atoms. The van der Waals surface area contributed by atoms with E-state index in [2.05, 4.69) is 9.68 Å². The normalized spacial score (nSPS) is 12.3. The van der Waals surface area contributed by atoms with Gasteiger partial charge in [-0.05, 0) is 31.2 Å². The summed E-state index contributed by atoms with van der Waals surface area (Å²) in [7, 11) is -2.68. The summed E-state index contributed by atoms with van der Waals surface area (Å²) in [5.41, 5.74) is 1.12. The molecule has 0 aliphatic carbocycles. The molecule has 6 nitrogen and oxygen atoms in total. The van der Waals surface area contributed by atoms with Gasteiger partial charge in [0.1, 0.15) is 5.69 Å². The Balaban J connectivity index is 1.91. The number of aromatic nitrogens is 1. The highest BCUT2D eigenvalue weighted by Crippen LogP contribution is 2.33. The van der Waals surface area contributed by atoms with Gasteiger partial charge in [-0.15, -0.1) is 0 Å². The topological polar surface area (TPSA) is 76.6 Å². The molecular formula is C16H13F3N2O4S. The summed E-state index contributed by atoms with van der Waals surface area (Å²) in [5.74, 6) is -1.45. The van der Waals surface area contributed by atoms with Crippen molar-refractivity contribution in [2.75, 3.05) is 11.4 Å². The summed E-state index contributed by atoms with van der Waals surface area (Å²) in [6.45, 7) is 1.87. The van der Waals surface area contributed by atoms with E-state index in [0.717, 1.165) is 15.9 Å². The number of nitrogens with zero attached hydrogens (tertiary/aromatic N) is 2. The number of alkyl halides is 3. The highest BCUT2D eigenvalue weighted by Gasteiger charge is 2.36. The van der Waals surface area contributed by atoms with Gasteiger partial charge < -0.3 is 8.94 Å². The SMILES string of the molecule is Cc1ccc(N(C)S(=O)(=O)c2ccc(-c3cc(C(F)(F)F)on3)o2)cc1. The summed E-state index contributed by atoms with van der Waals surface area (Å²) in [6, 6.07) is 9.77. The first-order valence-electron chi connectivity index (χ1n) is 7.29. The van der Waals surface area contributed by atoms with Crippen molar-refractivity contribution in [1.82, 2.24) is 5.16 Å². The van der Waals surface area contributed by atoms with Gasteiger partial charge >= 0.3 is 6.18 Å². The van der Waals surface area contributed by atoms with Gasteiger partial charge in [0.15, 0.2) is 5.76 Å². The van der Waals surface area contributed by atoms with E-state index in [1.165, 1.54) is 13.1 Å². The van der Waals surface area contributed by atoms with E-state index in [1.54, 1.807) is 24.3 Å². The zero-order chi connectivity index (χ0) is 19.1. The molecule has 0 bridgehead atoms. The molecule has 0 saturated carbocycles. The van der Waals surface area contributed by atoms with Gasteiger partial charge in [0.25, 0.3) is 10.0 Å². The Hall–Kier alpha value is -2.75. The van der Waals surface area contributed by atoms with Crippen LogP contribution in [0.3, 0.4) is 0 Å². The van der Waals surface area contributed by atoms with Gasteiger partial charge in [-0.25, -0.2) is 0 Å². The van der Waals surface area contributed by atoms with Gasteiger partial charge in [0, 0.05) is 13.1 Å². The Morgan fingerprint density at radius 2 is 1.73 bits per heavy atom. The van der Waals surface area contributed by atoms with Gasteiger partial charge in [0.2, 0.25) is 10.9 Å². The second kappa shape index (κ2) is 6.20. The Kier molecular flexibility index (Phi) is 4.31. The van der Waals surface area contributed by atoms with Crippen LogP contribution in [0.2, 0.25) is 0 Å². The van der Waals surface area contributed by atoms with Gasteiger partial charge in [-0.1, -0.05) is 22.9 Å². The molecule has 0 radical (unpaired) electrons. The highest BCUT2D eigenvalue weighted by atomic mass is 32.2. The van der Waals surface area contributed by atoms with Crippen molar-refractivity contribution < 1.29 is 30.5 Å². The minimum Gasteiger partial charge on any atom is -0.441 e. The Labute approximate surface area is 146 Å². The van der Waals surface area contributed by atoms with E-state index in [9.17, 15) is 21.6 Å². The molecule has 3 rings (SSSR count). The van der Waals surface area contributed by atoms with Crippen molar-refractivity contribution in [1.29, 1.82) is 0 Å². The number of rotatable bonds is 4. The number of furan rings is 1. The molecule has 0 atom stereocenters. The number of hydrogen-bond donors (Lipinski definition) is 0. The molecule has 0 amide bonds. The minimum atomic E-state index is -4.70. The van der Waals surface area contributed by atoms with E-state index in [4.69, 9.17) is 4.42 Å². The summed E-state index contributed by atoms with van der Waals surface area (Å²) in [6.07, 6.45) is -4.70. The van der Waals surface area contributed by atoms with Crippen LogP contribution in [0.1, 0.15) is 11.3 Å². The Morgan fingerprint density at radius 3 is 2.31 bits per heavy atom. The largest absolute Gasteiger partial charge is 0.452 e. The van der Waals surface area contributed by atoms with Crippen molar-refractivity contribution in [3.8, 4) is 11.5 Å². The fraction of sp³-hybridized carbons (Fsp3) is 0.188. The lowest BCUT2D eigenvalue weighted by Crippen LogP contribution is -2.26. The fourth-order valence-corrected chi connectivity index (χ4v) is 3.25. The van der Waals surface area contributed by atoms with E-state index < -0.39 is 27.1 Å². The van der Waals surface area contributed by atoms with Crippen LogP contribution in [-0.2, 0) is 16.2 Å². The van der Waals surface area contributed by atoms with Crippen LogP contribution < -0.4 is 4.31 Å². The first kappa shape index (κ1) is 18.1. The third-order valence-electron chi connectivity index (χ3n) is 3.64. The molecular weight excluding hydrogens is 373 g/mol.